The van der Waals surface area contributed by atoms with E-state index in [1.54, 1.807) is 6.92 Å². The van der Waals surface area contributed by atoms with E-state index in [9.17, 15) is 14.4 Å². The number of alkyl carbamates (subject to hydrolysis) is 1. The SMILES string of the molecule is CCOC(=O)NC(=O)COC(=O)CCc1ccc2ccccc2n1. The summed E-state index contributed by atoms with van der Waals surface area (Å²) in [6.45, 7) is 1.24. The molecule has 0 aliphatic heterocycles. The number of fused-ring (bicyclic) bond motifs is 1. The first-order chi connectivity index (χ1) is 11.6. The van der Waals surface area contributed by atoms with Gasteiger partial charge < -0.3 is 9.47 Å². The maximum atomic E-state index is 11.6. The second-order valence-electron chi connectivity index (χ2n) is 4.92. The van der Waals surface area contributed by atoms with Gasteiger partial charge in [0, 0.05) is 17.5 Å². The van der Waals surface area contributed by atoms with E-state index in [4.69, 9.17) is 4.74 Å². The lowest BCUT2D eigenvalue weighted by molar-refractivity contribution is -0.148. The van der Waals surface area contributed by atoms with Crippen LogP contribution in [0.1, 0.15) is 19.0 Å². The predicted molar refractivity (Wildman–Crippen MR) is 86.2 cm³/mol. The first-order valence-corrected chi connectivity index (χ1v) is 7.55. The largest absolute Gasteiger partial charge is 0.456 e. The van der Waals surface area contributed by atoms with Crippen molar-refractivity contribution in [3.05, 3.63) is 42.1 Å². The topological polar surface area (TPSA) is 94.6 Å². The fourth-order valence-electron chi connectivity index (χ4n) is 2.01. The van der Waals surface area contributed by atoms with E-state index in [0.717, 1.165) is 16.6 Å². The Bertz CT molecular complexity index is 745. The van der Waals surface area contributed by atoms with Crippen molar-refractivity contribution in [3.63, 3.8) is 0 Å². The van der Waals surface area contributed by atoms with Gasteiger partial charge in [-0.3, -0.25) is 19.9 Å². The molecular formula is C17H18N2O5. The molecule has 1 aromatic heterocycles. The summed E-state index contributed by atoms with van der Waals surface area (Å²) in [7, 11) is 0. The zero-order chi connectivity index (χ0) is 17.4. The molecule has 0 unspecified atom stereocenters. The third kappa shape index (κ3) is 5.35. The Labute approximate surface area is 139 Å². The number of benzene rings is 1. The number of para-hydroxylation sites is 1. The number of hydrogen-bond donors (Lipinski definition) is 1. The van der Waals surface area contributed by atoms with Crippen molar-refractivity contribution < 1.29 is 23.9 Å². The number of ether oxygens (including phenoxy) is 2. The summed E-state index contributed by atoms with van der Waals surface area (Å²) in [6.07, 6.45) is -0.361. The molecule has 0 aliphatic carbocycles. The number of rotatable bonds is 6. The van der Waals surface area contributed by atoms with Crippen LogP contribution in [-0.2, 0) is 25.5 Å². The van der Waals surface area contributed by atoms with E-state index >= 15 is 0 Å². The summed E-state index contributed by atoms with van der Waals surface area (Å²) >= 11 is 0. The Morgan fingerprint density at radius 1 is 1.08 bits per heavy atom. The molecule has 0 radical (unpaired) electrons. The maximum absolute atomic E-state index is 11.6. The molecule has 7 heteroatoms. The van der Waals surface area contributed by atoms with Gasteiger partial charge in [0.1, 0.15) is 0 Å². The predicted octanol–water partition coefficient (Wildman–Crippen LogP) is 1.98. The summed E-state index contributed by atoms with van der Waals surface area (Å²) in [5, 5.41) is 2.97. The summed E-state index contributed by atoms with van der Waals surface area (Å²) in [6, 6.07) is 11.5. The molecular weight excluding hydrogens is 312 g/mol. The standard InChI is InChI=1S/C17H18N2O5/c1-2-23-17(22)19-15(20)11-24-16(21)10-9-13-8-7-12-5-3-4-6-14(12)18-13/h3-8H,2,9-11H2,1H3,(H,19,20,22). The number of hydrogen-bond acceptors (Lipinski definition) is 6. The molecule has 2 rings (SSSR count). The number of amides is 2. The van der Waals surface area contributed by atoms with Gasteiger partial charge >= 0.3 is 12.1 Å². The van der Waals surface area contributed by atoms with Crippen LogP contribution in [0.25, 0.3) is 10.9 Å². The van der Waals surface area contributed by atoms with Gasteiger partial charge in [-0.2, -0.15) is 0 Å². The van der Waals surface area contributed by atoms with E-state index < -0.39 is 24.6 Å². The van der Waals surface area contributed by atoms with Crippen LogP contribution in [0, 0.1) is 0 Å². The van der Waals surface area contributed by atoms with E-state index in [2.05, 4.69) is 9.72 Å². The number of aryl methyl sites for hydroxylation is 1. The van der Waals surface area contributed by atoms with E-state index in [-0.39, 0.29) is 13.0 Å². The van der Waals surface area contributed by atoms with Crippen LogP contribution >= 0.6 is 0 Å². The molecule has 1 aromatic carbocycles. The van der Waals surface area contributed by atoms with Crippen molar-refractivity contribution >= 4 is 28.9 Å². The van der Waals surface area contributed by atoms with E-state index in [1.807, 2.05) is 41.7 Å². The van der Waals surface area contributed by atoms with Crippen molar-refractivity contribution in [2.75, 3.05) is 13.2 Å². The molecule has 1 heterocycles. The summed E-state index contributed by atoms with van der Waals surface area (Å²) in [4.78, 5) is 38.5. The second-order valence-corrected chi connectivity index (χ2v) is 4.92. The molecule has 1 N–H and O–H groups in total. The Morgan fingerprint density at radius 2 is 1.88 bits per heavy atom. The Balaban J connectivity index is 1.76. The van der Waals surface area contributed by atoms with Crippen LogP contribution in [-0.4, -0.2) is 36.2 Å². The molecule has 0 spiro atoms. The average Bonchev–Trinajstić information content (AvgIpc) is 2.58. The molecule has 7 nitrogen and oxygen atoms in total. The minimum Gasteiger partial charge on any atom is -0.456 e. The highest BCUT2D eigenvalue weighted by atomic mass is 16.6. The number of aromatic nitrogens is 1. The van der Waals surface area contributed by atoms with Crippen molar-refractivity contribution in [1.82, 2.24) is 10.3 Å². The van der Waals surface area contributed by atoms with E-state index in [0.29, 0.717) is 6.42 Å². The van der Waals surface area contributed by atoms with Crippen LogP contribution in [0.15, 0.2) is 36.4 Å². The number of carbonyl (C=O) groups is 3. The number of pyridine rings is 1. The second kappa shape index (κ2) is 8.61. The summed E-state index contributed by atoms with van der Waals surface area (Å²) in [5.74, 6) is -1.27. The Hall–Kier alpha value is -2.96. The van der Waals surface area contributed by atoms with Crippen LogP contribution in [0.3, 0.4) is 0 Å². The monoisotopic (exact) mass is 330 g/mol. The normalized spacial score (nSPS) is 10.2. The molecule has 0 saturated heterocycles. The molecule has 0 fully saturated rings. The molecule has 2 aromatic rings. The number of nitrogens with zero attached hydrogens (tertiary/aromatic N) is 1. The van der Waals surface area contributed by atoms with Gasteiger partial charge in [-0.15, -0.1) is 0 Å². The van der Waals surface area contributed by atoms with Crippen molar-refractivity contribution in [3.8, 4) is 0 Å². The average molecular weight is 330 g/mol. The van der Waals surface area contributed by atoms with Gasteiger partial charge in [0.25, 0.3) is 5.91 Å². The van der Waals surface area contributed by atoms with E-state index in [1.165, 1.54) is 0 Å². The van der Waals surface area contributed by atoms with Crippen LogP contribution in [0.4, 0.5) is 4.79 Å². The number of esters is 1. The number of nitrogens with one attached hydrogen (secondary N) is 1. The zero-order valence-electron chi connectivity index (χ0n) is 13.3. The Morgan fingerprint density at radius 3 is 2.67 bits per heavy atom. The van der Waals surface area contributed by atoms with Crippen LogP contribution in [0.5, 0.6) is 0 Å². The quantitative estimate of drug-likeness (QED) is 0.814. The first-order valence-electron chi connectivity index (χ1n) is 7.55. The van der Waals surface area contributed by atoms with Crippen LogP contribution in [0.2, 0.25) is 0 Å². The van der Waals surface area contributed by atoms with Gasteiger partial charge in [-0.05, 0) is 19.1 Å². The minimum atomic E-state index is -0.862. The highest BCUT2D eigenvalue weighted by molar-refractivity contribution is 5.93. The lowest BCUT2D eigenvalue weighted by Crippen LogP contribution is -2.34. The maximum Gasteiger partial charge on any atom is 0.413 e. The highest BCUT2D eigenvalue weighted by Crippen LogP contribution is 2.12. The van der Waals surface area contributed by atoms with Gasteiger partial charge in [0.05, 0.1) is 18.5 Å². The molecule has 0 atom stereocenters. The molecule has 126 valence electrons. The smallest absolute Gasteiger partial charge is 0.413 e. The molecule has 0 aliphatic rings. The zero-order valence-corrected chi connectivity index (χ0v) is 13.3. The molecule has 24 heavy (non-hydrogen) atoms. The molecule has 0 bridgehead atoms. The first kappa shape index (κ1) is 17.4. The lowest BCUT2D eigenvalue weighted by atomic mass is 10.1. The lowest BCUT2D eigenvalue weighted by Gasteiger charge is -2.06. The van der Waals surface area contributed by atoms with Crippen molar-refractivity contribution in [1.29, 1.82) is 0 Å². The summed E-state index contributed by atoms with van der Waals surface area (Å²) in [5.41, 5.74) is 1.62. The van der Waals surface area contributed by atoms with Crippen molar-refractivity contribution in [2.24, 2.45) is 0 Å². The number of imide groups is 1. The third-order valence-electron chi connectivity index (χ3n) is 3.12. The Kier molecular flexibility index (Phi) is 6.24. The third-order valence-corrected chi connectivity index (χ3v) is 3.12. The van der Waals surface area contributed by atoms with Crippen LogP contribution < -0.4 is 5.32 Å². The molecule has 2 amide bonds. The molecule has 0 saturated carbocycles. The number of carbonyl (C=O) groups excluding carboxylic acids is 3. The highest BCUT2D eigenvalue weighted by Gasteiger charge is 2.11. The fraction of sp³-hybridized carbons (Fsp3) is 0.294. The van der Waals surface area contributed by atoms with Gasteiger partial charge in [0.15, 0.2) is 6.61 Å². The van der Waals surface area contributed by atoms with Gasteiger partial charge in [-0.25, -0.2) is 4.79 Å². The van der Waals surface area contributed by atoms with Gasteiger partial charge in [0.2, 0.25) is 0 Å². The fourth-order valence-corrected chi connectivity index (χ4v) is 2.01. The van der Waals surface area contributed by atoms with Gasteiger partial charge in [-0.1, -0.05) is 24.3 Å². The minimum absolute atomic E-state index is 0.0953. The summed E-state index contributed by atoms with van der Waals surface area (Å²) < 4.78 is 9.35. The van der Waals surface area contributed by atoms with Crippen molar-refractivity contribution in [2.45, 2.75) is 19.8 Å².